The molecule has 0 atom stereocenters. The van der Waals surface area contributed by atoms with Crippen molar-refractivity contribution in [1.82, 2.24) is 4.98 Å². The molecule has 1 aromatic rings. The van der Waals surface area contributed by atoms with E-state index in [9.17, 15) is 8.78 Å². The lowest BCUT2D eigenvalue weighted by Crippen LogP contribution is -1.83. The number of nitrogens with two attached hydrogens (primary N) is 1. The van der Waals surface area contributed by atoms with Crippen LogP contribution in [0.25, 0.3) is 0 Å². The van der Waals surface area contributed by atoms with Crippen molar-refractivity contribution in [2.24, 2.45) is 0 Å². The quantitative estimate of drug-likeness (QED) is 0.656. The van der Waals surface area contributed by atoms with Gasteiger partial charge in [0.2, 0.25) is 0 Å². The largest absolute Gasteiger partial charge is 0.422 e. The molecule has 0 aliphatic carbocycles. The zero-order chi connectivity index (χ0) is 7.72. The number of aryl methyl sites for hydroxylation is 1. The number of hydrogen-bond donors (Lipinski definition) is 1. The Morgan fingerprint density at radius 2 is 2.20 bits per heavy atom. The van der Waals surface area contributed by atoms with Crippen molar-refractivity contribution in [1.29, 1.82) is 0 Å². The maximum atomic E-state index is 11.9. The van der Waals surface area contributed by atoms with E-state index < -0.39 is 12.2 Å². The first-order valence-electron chi connectivity index (χ1n) is 2.62. The molecule has 1 rings (SSSR count). The van der Waals surface area contributed by atoms with Crippen LogP contribution in [-0.2, 0) is 0 Å². The molecule has 0 amide bonds. The maximum Gasteiger partial charge on any atom is 0.297 e. The van der Waals surface area contributed by atoms with E-state index >= 15 is 0 Å². The van der Waals surface area contributed by atoms with E-state index in [4.69, 9.17) is 5.73 Å². The highest BCUT2D eigenvalue weighted by molar-refractivity contribution is 5.19. The number of anilines is 1. The molecule has 1 aromatic heterocycles. The zero-order valence-corrected chi connectivity index (χ0v) is 5.27. The van der Waals surface area contributed by atoms with E-state index in [1.54, 1.807) is 0 Å². The van der Waals surface area contributed by atoms with Gasteiger partial charge < -0.3 is 10.2 Å². The second-order valence-corrected chi connectivity index (χ2v) is 1.80. The molecule has 0 saturated heterocycles. The lowest BCUT2D eigenvalue weighted by Gasteiger charge is -1.90. The highest BCUT2D eigenvalue weighted by atomic mass is 19.3. The van der Waals surface area contributed by atoms with E-state index in [1.165, 1.54) is 6.92 Å². The molecule has 0 fully saturated rings. The van der Waals surface area contributed by atoms with Crippen molar-refractivity contribution in [3.63, 3.8) is 0 Å². The van der Waals surface area contributed by atoms with Crippen molar-refractivity contribution in [3.8, 4) is 0 Å². The van der Waals surface area contributed by atoms with Crippen molar-refractivity contribution in [2.75, 3.05) is 5.73 Å². The van der Waals surface area contributed by atoms with E-state index in [0.717, 1.165) is 0 Å². The topological polar surface area (TPSA) is 52.0 Å². The minimum absolute atomic E-state index is 0.146. The number of nitrogens with zero attached hydrogens (tertiary/aromatic N) is 1. The highest BCUT2D eigenvalue weighted by Crippen LogP contribution is 2.23. The summed E-state index contributed by atoms with van der Waals surface area (Å²) in [6.07, 6.45) is -2.63. The monoisotopic (exact) mass is 148 g/mol. The van der Waals surface area contributed by atoms with Gasteiger partial charge >= 0.3 is 0 Å². The molecular weight excluding hydrogens is 142 g/mol. The Labute approximate surface area is 55.8 Å². The lowest BCUT2D eigenvalue weighted by molar-refractivity contribution is 0.122. The van der Waals surface area contributed by atoms with Crippen LogP contribution in [0.1, 0.15) is 17.9 Å². The number of rotatable bonds is 1. The summed E-state index contributed by atoms with van der Waals surface area (Å²) < 4.78 is 28.1. The highest BCUT2D eigenvalue weighted by Gasteiger charge is 2.16. The van der Waals surface area contributed by atoms with Crippen LogP contribution in [0, 0.1) is 6.92 Å². The fraction of sp³-hybridized carbons (Fsp3) is 0.400. The van der Waals surface area contributed by atoms with Crippen LogP contribution in [-0.4, -0.2) is 4.98 Å². The number of aromatic nitrogens is 1. The molecule has 2 N–H and O–H groups in total. The fourth-order valence-electron chi connectivity index (χ4n) is 0.632. The summed E-state index contributed by atoms with van der Waals surface area (Å²) in [5.41, 5.74) is 5.15. The molecule has 0 unspecified atom stereocenters. The third-order valence-corrected chi connectivity index (χ3v) is 1.05. The summed E-state index contributed by atoms with van der Waals surface area (Å²) >= 11 is 0. The van der Waals surface area contributed by atoms with Crippen molar-refractivity contribution in [2.45, 2.75) is 13.3 Å². The summed E-state index contributed by atoms with van der Waals surface area (Å²) in [6.45, 7) is 1.42. The Bertz CT molecular complexity index is 234. The van der Waals surface area contributed by atoms with Gasteiger partial charge in [0.25, 0.3) is 12.4 Å². The number of alkyl halides is 2. The standard InChI is InChI=1S/C5H6F2N2O/c1-2-3(4(6)7)10-5(8)9-2/h4H,1H3,(H2,8,9). The van der Waals surface area contributed by atoms with Gasteiger partial charge in [-0.1, -0.05) is 0 Å². The predicted molar refractivity (Wildman–Crippen MR) is 30.6 cm³/mol. The normalized spacial score (nSPS) is 10.8. The van der Waals surface area contributed by atoms with Crippen LogP contribution in [0.15, 0.2) is 4.42 Å². The molecule has 3 nitrogen and oxygen atoms in total. The molecule has 10 heavy (non-hydrogen) atoms. The summed E-state index contributed by atoms with van der Waals surface area (Å²) in [5, 5.41) is 0. The van der Waals surface area contributed by atoms with Crippen LogP contribution >= 0.6 is 0 Å². The summed E-state index contributed by atoms with van der Waals surface area (Å²) in [6, 6.07) is -0.215. The van der Waals surface area contributed by atoms with E-state index in [1.807, 2.05) is 0 Å². The van der Waals surface area contributed by atoms with Crippen molar-refractivity contribution < 1.29 is 13.2 Å². The van der Waals surface area contributed by atoms with Gasteiger partial charge in [-0.15, -0.1) is 0 Å². The Hall–Kier alpha value is -1.13. The Morgan fingerprint density at radius 1 is 1.60 bits per heavy atom. The van der Waals surface area contributed by atoms with Gasteiger partial charge in [0.1, 0.15) is 0 Å². The third-order valence-electron chi connectivity index (χ3n) is 1.05. The molecule has 0 saturated carbocycles. The zero-order valence-electron chi connectivity index (χ0n) is 5.27. The molecule has 0 aliphatic rings. The second-order valence-electron chi connectivity index (χ2n) is 1.80. The first-order valence-corrected chi connectivity index (χ1v) is 2.62. The van der Waals surface area contributed by atoms with E-state index in [0.29, 0.717) is 0 Å². The van der Waals surface area contributed by atoms with Crippen LogP contribution in [0.5, 0.6) is 0 Å². The molecule has 0 aliphatic heterocycles. The Morgan fingerprint density at radius 3 is 2.40 bits per heavy atom. The number of oxazole rings is 1. The second kappa shape index (κ2) is 2.24. The third kappa shape index (κ3) is 1.07. The van der Waals surface area contributed by atoms with Gasteiger partial charge in [0, 0.05) is 0 Å². The molecule has 0 radical (unpaired) electrons. The smallest absolute Gasteiger partial charge is 0.297 e. The Kier molecular flexibility index (Phi) is 1.57. The van der Waals surface area contributed by atoms with Crippen molar-refractivity contribution in [3.05, 3.63) is 11.5 Å². The lowest BCUT2D eigenvalue weighted by atomic mass is 10.4. The number of halogens is 2. The van der Waals surface area contributed by atoms with Gasteiger partial charge in [0.15, 0.2) is 5.76 Å². The van der Waals surface area contributed by atoms with Crippen LogP contribution in [0.3, 0.4) is 0 Å². The van der Waals surface area contributed by atoms with Gasteiger partial charge in [0.05, 0.1) is 5.69 Å². The first-order chi connectivity index (χ1) is 4.61. The van der Waals surface area contributed by atoms with E-state index in [-0.39, 0.29) is 11.7 Å². The Balaban J connectivity index is 3.03. The van der Waals surface area contributed by atoms with Crippen molar-refractivity contribution >= 4 is 6.01 Å². The minimum Gasteiger partial charge on any atom is -0.422 e. The SMILES string of the molecule is Cc1nc(N)oc1C(F)F. The van der Waals surface area contributed by atoms with Gasteiger partial charge in [-0.2, -0.15) is 4.98 Å². The molecule has 0 spiro atoms. The summed E-state index contributed by atoms with van der Waals surface area (Å²) in [7, 11) is 0. The minimum atomic E-state index is -2.63. The molecule has 0 bridgehead atoms. The van der Waals surface area contributed by atoms with Gasteiger partial charge in [-0.3, -0.25) is 0 Å². The number of hydrogen-bond acceptors (Lipinski definition) is 3. The summed E-state index contributed by atoms with van der Waals surface area (Å²) in [5.74, 6) is -0.447. The molecule has 5 heteroatoms. The number of nitrogen functional groups attached to an aromatic ring is 1. The molecule has 56 valence electrons. The fourth-order valence-corrected chi connectivity index (χ4v) is 0.632. The molecular formula is C5H6F2N2O. The average molecular weight is 148 g/mol. The van der Waals surface area contributed by atoms with E-state index in [2.05, 4.69) is 9.40 Å². The van der Waals surface area contributed by atoms with Gasteiger partial charge in [-0.25, -0.2) is 8.78 Å². The van der Waals surface area contributed by atoms with Gasteiger partial charge in [-0.05, 0) is 6.92 Å². The predicted octanol–water partition coefficient (Wildman–Crippen LogP) is 1.50. The summed E-state index contributed by atoms with van der Waals surface area (Å²) in [4.78, 5) is 3.46. The maximum absolute atomic E-state index is 11.9. The van der Waals surface area contributed by atoms with Crippen LogP contribution in [0.2, 0.25) is 0 Å². The first kappa shape index (κ1) is 6.98. The molecule has 1 heterocycles. The molecule has 0 aromatic carbocycles. The van der Waals surface area contributed by atoms with Crippen LogP contribution < -0.4 is 5.73 Å². The van der Waals surface area contributed by atoms with Crippen LogP contribution in [0.4, 0.5) is 14.8 Å². The average Bonchev–Trinajstić information content (AvgIpc) is 2.10.